The van der Waals surface area contributed by atoms with Crippen LogP contribution >= 0.6 is 0 Å². The number of para-hydroxylation sites is 1. The number of benzene rings is 1. The van der Waals surface area contributed by atoms with Crippen molar-refractivity contribution in [1.29, 1.82) is 0 Å². The van der Waals surface area contributed by atoms with Gasteiger partial charge in [-0.25, -0.2) is 0 Å². The van der Waals surface area contributed by atoms with Gasteiger partial charge in [-0.15, -0.1) is 0 Å². The first-order valence-corrected chi connectivity index (χ1v) is 10.4. The van der Waals surface area contributed by atoms with Crippen molar-refractivity contribution >= 4 is 5.96 Å². The summed E-state index contributed by atoms with van der Waals surface area (Å²) in [7, 11) is 3.47. The van der Waals surface area contributed by atoms with Crippen LogP contribution < -0.4 is 20.1 Å². The third kappa shape index (κ3) is 6.11. The molecule has 6 nitrogen and oxygen atoms in total. The fourth-order valence-corrected chi connectivity index (χ4v) is 3.54. The maximum atomic E-state index is 6.31. The van der Waals surface area contributed by atoms with Crippen molar-refractivity contribution in [1.82, 2.24) is 15.6 Å². The average Bonchev–Trinajstić information content (AvgIpc) is 3.26. The van der Waals surface area contributed by atoms with E-state index in [0.29, 0.717) is 6.54 Å². The van der Waals surface area contributed by atoms with E-state index >= 15 is 0 Å². The molecule has 29 heavy (non-hydrogen) atoms. The van der Waals surface area contributed by atoms with Gasteiger partial charge in [0, 0.05) is 37.6 Å². The molecule has 0 bridgehead atoms. The molecule has 156 valence electrons. The fraction of sp³-hybridized carbons (Fsp3) is 0.478. The summed E-state index contributed by atoms with van der Waals surface area (Å²) in [6.45, 7) is 3.40. The molecule has 1 aliphatic rings. The van der Waals surface area contributed by atoms with Crippen molar-refractivity contribution < 1.29 is 9.47 Å². The fourth-order valence-electron chi connectivity index (χ4n) is 3.54. The van der Waals surface area contributed by atoms with Crippen LogP contribution in [0.3, 0.4) is 0 Å². The first-order valence-electron chi connectivity index (χ1n) is 10.4. The zero-order chi connectivity index (χ0) is 20.5. The number of nitrogens with one attached hydrogen (secondary N) is 2. The molecular formula is C23H32N4O2. The lowest BCUT2D eigenvalue weighted by Gasteiger charge is -2.20. The molecule has 0 amide bonds. The smallest absolute Gasteiger partial charge is 0.191 e. The van der Waals surface area contributed by atoms with Crippen LogP contribution in [0.4, 0.5) is 0 Å². The summed E-state index contributed by atoms with van der Waals surface area (Å²) in [5.41, 5.74) is 3.31. The molecule has 1 fully saturated rings. The number of nitrogens with zero attached hydrogens (tertiary/aromatic N) is 2. The highest BCUT2D eigenvalue weighted by molar-refractivity contribution is 5.79. The van der Waals surface area contributed by atoms with Crippen LogP contribution in [0.1, 0.15) is 42.5 Å². The number of ether oxygens (including phenoxy) is 2. The summed E-state index contributed by atoms with van der Waals surface area (Å²) in [5, 5.41) is 6.75. The van der Waals surface area contributed by atoms with E-state index < -0.39 is 0 Å². The van der Waals surface area contributed by atoms with E-state index in [-0.39, 0.29) is 6.10 Å². The number of aliphatic imine (C=N–C) groups is 1. The van der Waals surface area contributed by atoms with Gasteiger partial charge >= 0.3 is 0 Å². The van der Waals surface area contributed by atoms with Gasteiger partial charge in [0.15, 0.2) is 17.5 Å². The summed E-state index contributed by atoms with van der Waals surface area (Å²) in [6, 6.07) is 10.2. The average molecular weight is 397 g/mol. The van der Waals surface area contributed by atoms with Gasteiger partial charge in [0.25, 0.3) is 0 Å². The first kappa shape index (κ1) is 21.0. The highest BCUT2D eigenvalue weighted by Gasteiger charge is 2.20. The van der Waals surface area contributed by atoms with E-state index in [1.807, 2.05) is 31.3 Å². The van der Waals surface area contributed by atoms with Crippen LogP contribution in [0.15, 0.2) is 41.5 Å². The molecule has 1 aliphatic carbocycles. The standard InChI is InChI=1S/C23H32N4O2/c1-17-11-12-18(15-26-17)13-14-25-23(24-2)27-16-19-7-6-10-21(28-3)22(19)29-20-8-4-5-9-20/h6-7,10-12,15,20H,4-5,8-9,13-14,16H2,1-3H3,(H2,24,25,27). The topological polar surface area (TPSA) is 67.8 Å². The second-order valence-corrected chi connectivity index (χ2v) is 7.38. The predicted molar refractivity (Wildman–Crippen MR) is 117 cm³/mol. The Bertz CT molecular complexity index is 799. The van der Waals surface area contributed by atoms with Crippen LogP contribution in [0, 0.1) is 6.92 Å². The summed E-state index contributed by atoms with van der Waals surface area (Å²) in [5.74, 6) is 2.39. The number of methoxy groups -OCH3 is 1. The third-order valence-electron chi connectivity index (χ3n) is 5.22. The largest absolute Gasteiger partial charge is 0.493 e. The number of aromatic nitrogens is 1. The number of aryl methyl sites for hydroxylation is 1. The zero-order valence-electron chi connectivity index (χ0n) is 17.7. The molecule has 1 aromatic carbocycles. The lowest BCUT2D eigenvalue weighted by Crippen LogP contribution is -2.38. The van der Waals surface area contributed by atoms with Gasteiger partial charge in [-0.2, -0.15) is 0 Å². The Morgan fingerprint density at radius 3 is 2.69 bits per heavy atom. The van der Waals surface area contributed by atoms with Gasteiger partial charge in [-0.1, -0.05) is 18.2 Å². The molecule has 0 unspecified atom stereocenters. The van der Waals surface area contributed by atoms with Gasteiger partial charge in [0.1, 0.15) is 0 Å². The van der Waals surface area contributed by atoms with Crippen molar-refractivity contribution in [3.8, 4) is 11.5 Å². The zero-order valence-corrected chi connectivity index (χ0v) is 17.7. The van der Waals surface area contributed by atoms with Gasteiger partial charge in [0.2, 0.25) is 0 Å². The van der Waals surface area contributed by atoms with Gasteiger partial charge in [-0.3, -0.25) is 9.98 Å². The minimum Gasteiger partial charge on any atom is -0.493 e. The number of pyridine rings is 1. The lowest BCUT2D eigenvalue weighted by molar-refractivity contribution is 0.198. The molecule has 1 saturated carbocycles. The summed E-state index contributed by atoms with van der Waals surface area (Å²) in [4.78, 5) is 8.67. The SMILES string of the molecule is CN=C(NCCc1ccc(C)nc1)NCc1cccc(OC)c1OC1CCCC1. The van der Waals surface area contributed by atoms with E-state index in [0.717, 1.165) is 54.5 Å². The molecule has 0 atom stereocenters. The number of guanidine groups is 1. The van der Waals surface area contributed by atoms with E-state index in [9.17, 15) is 0 Å². The summed E-state index contributed by atoms with van der Waals surface area (Å²) in [6.07, 6.45) is 7.80. The predicted octanol–water partition coefficient (Wildman–Crippen LogP) is 3.63. The monoisotopic (exact) mass is 396 g/mol. The molecule has 6 heteroatoms. The Morgan fingerprint density at radius 1 is 1.17 bits per heavy atom. The van der Waals surface area contributed by atoms with Crippen molar-refractivity contribution in [2.75, 3.05) is 20.7 Å². The Morgan fingerprint density at radius 2 is 2.00 bits per heavy atom. The van der Waals surface area contributed by atoms with Crippen LogP contribution in [0.25, 0.3) is 0 Å². The van der Waals surface area contributed by atoms with E-state index in [1.54, 1.807) is 14.2 Å². The molecule has 2 aromatic rings. The van der Waals surface area contributed by atoms with E-state index in [4.69, 9.17) is 9.47 Å². The molecule has 0 radical (unpaired) electrons. The third-order valence-corrected chi connectivity index (χ3v) is 5.22. The first-order chi connectivity index (χ1) is 14.2. The Hall–Kier alpha value is -2.76. The van der Waals surface area contributed by atoms with E-state index in [1.165, 1.54) is 18.4 Å². The maximum absolute atomic E-state index is 6.31. The highest BCUT2D eigenvalue weighted by Crippen LogP contribution is 2.34. The molecule has 2 N–H and O–H groups in total. The van der Waals surface area contributed by atoms with Crippen LogP contribution in [0.5, 0.6) is 11.5 Å². The van der Waals surface area contributed by atoms with Gasteiger partial charge in [0.05, 0.1) is 13.2 Å². The molecular weight excluding hydrogens is 364 g/mol. The molecule has 1 heterocycles. The van der Waals surface area contributed by atoms with Crippen LogP contribution in [0.2, 0.25) is 0 Å². The Labute approximate surface area is 173 Å². The number of hydrogen-bond donors (Lipinski definition) is 2. The Balaban J connectivity index is 1.56. The minimum atomic E-state index is 0.283. The summed E-state index contributed by atoms with van der Waals surface area (Å²) < 4.78 is 11.9. The van der Waals surface area contributed by atoms with E-state index in [2.05, 4.69) is 32.7 Å². The number of rotatable bonds is 8. The molecule has 1 aromatic heterocycles. The quantitative estimate of drug-likeness (QED) is 0.527. The molecule has 0 saturated heterocycles. The Kier molecular flexibility index (Phi) is 7.73. The van der Waals surface area contributed by atoms with Gasteiger partial charge in [-0.05, 0) is 56.7 Å². The van der Waals surface area contributed by atoms with Crippen molar-refractivity contribution in [2.24, 2.45) is 4.99 Å². The molecule has 3 rings (SSSR count). The normalized spacial score (nSPS) is 14.7. The number of hydrogen-bond acceptors (Lipinski definition) is 4. The molecule has 0 aliphatic heterocycles. The highest BCUT2D eigenvalue weighted by atomic mass is 16.5. The van der Waals surface area contributed by atoms with Crippen molar-refractivity contribution in [3.05, 3.63) is 53.3 Å². The maximum Gasteiger partial charge on any atom is 0.191 e. The van der Waals surface area contributed by atoms with Crippen LogP contribution in [-0.4, -0.2) is 37.7 Å². The second kappa shape index (κ2) is 10.7. The minimum absolute atomic E-state index is 0.283. The molecule has 0 spiro atoms. The van der Waals surface area contributed by atoms with Crippen LogP contribution in [-0.2, 0) is 13.0 Å². The van der Waals surface area contributed by atoms with Crippen molar-refractivity contribution in [2.45, 2.75) is 51.7 Å². The van der Waals surface area contributed by atoms with Gasteiger partial charge < -0.3 is 20.1 Å². The second-order valence-electron chi connectivity index (χ2n) is 7.38. The lowest BCUT2D eigenvalue weighted by atomic mass is 10.1. The van der Waals surface area contributed by atoms with Crippen molar-refractivity contribution in [3.63, 3.8) is 0 Å². The summed E-state index contributed by atoms with van der Waals surface area (Å²) >= 11 is 0.